The maximum absolute atomic E-state index is 13.6. The fraction of sp³-hybridized carbons (Fsp3) is 0.200. The van der Waals surface area contributed by atoms with Crippen LogP contribution in [0.3, 0.4) is 0 Å². The summed E-state index contributed by atoms with van der Waals surface area (Å²) in [7, 11) is 0. The summed E-state index contributed by atoms with van der Waals surface area (Å²) in [5.74, 6) is 0. The Balaban J connectivity index is 1.72. The summed E-state index contributed by atoms with van der Waals surface area (Å²) >= 11 is 0. The highest BCUT2D eigenvalue weighted by atomic mass is 19.4. The van der Waals surface area contributed by atoms with E-state index in [4.69, 9.17) is 0 Å². The minimum absolute atomic E-state index is 0.0366. The average Bonchev–Trinajstić information content (AvgIpc) is 3.15. The van der Waals surface area contributed by atoms with Crippen molar-refractivity contribution in [2.45, 2.75) is 32.6 Å². The lowest BCUT2D eigenvalue weighted by Gasteiger charge is -2.29. The van der Waals surface area contributed by atoms with Gasteiger partial charge in [-0.15, -0.1) is 0 Å². The van der Waals surface area contributed by atoms with Gasteiger partial charge in [-0.2, -0.15) is 13.2 Å². The number of nitrogens with zero attached hydrogens (tertiary/aromatic N) is 1. The van der Waals surface area contributed by atoms with E-state index in [1.54, 1.807) is 12.1 Å². The molecule has 0 N–H and O–H groups in total. The van der Waals surface area contributed by atoms with E-state index in [-0.39, 0.29) is 12.6 Å². The Morgan fingerprint density at radius 3 is 2.31 bits per heavy atom. The summed E-state index contributed by atoms with van der Waals surface area (Å²) in [6, 6.07) is 20.4. The van der Waals surface area contributed by atoms with Crippen molar-refractivity contribution < 1.29 is 13.2 Å². The number of benzene rings is 3. The second-order valence-electron chi connectivity index (χ2n) is 7.85. The number of halogens is 3. The first-order valence-electron chi connectivity index (χ1n) is 9.69. The van der Waals surface area contributed by atoms with E-state index in [1.807, 2.05) is 24.3 Å². The standard InChI is InChI=1S/C25H20F3N/c1-15-11-12-22-20(13-15)23-19-9-5-4-8-18(19)16(2)24(23)29(22)14-17-7-3-6-10-21(17)25(26,27)28/h3-13,24H,14H2,1-2H3. The van der Waals surface area contributed by atoms with Crippen LogP contribution in [0.4, 0.5) is 18.9 Å². The Kier molecular flexibility index (Phi) is 3.89. The van der Waals surface area contributed by atoms with Gasteiger partial charge < -0.3 is 4.90 Å². The lowest BCUT2D eigenvalue weighted by molar-refractivity contribution is -0.138. The van der Waals surface area contributed by atoms with Gasteiger partial charge in [-0.3, -0.25) is 0 Å². The Labute approximate surface area is 167 Å². The van der Waals surface area contributed by atoms with Crippen LogP contribution in [-0.2, 0) is 12.7 Å². The van der Waals surface area contributed by atoms with Crippen molar-refractivity contribution in [1.82, 2.24) is 0 Å². The van der Waals surface area contributed by atoms with Gasteiger partial charge in [-0.25, -0.2) is 0 Å². The van der Waals surface area contributed by atoms with Crippen molar-refractivity contribution in [2.24, 2.45) is 0 Å². The van der Waals surface area contributed by atoms with Gasteiger partial charge >= 0.3 is 6.18 Å². The van der Waals surface area contributed by atoms with Crippen molar-refractivity contribution in [3.05, 3.63) is 99.4 Å². The Morgan fingerprint density at radius 2 is 1.55 bits per heavy atom. The molecule has 0 aromatic heterocycles. The van der Waals surface area contributed by atoms with Crippen LogP contribution in [0.25, 0.3) is 11.1 Å². The smallest absolute Gasteiger partial charge is 0.356 e. The molecule has 3 aromatic rings. The number of hydrogen-bond acceptors (Lipinski definition) is 1. The normalized spacial score (nSPS) is 17.4. The largest absolute Gasteiger partial charge is 0.416 e. The monoisotopic (exact) mass is 391 g/mol. The van der Waals surface area contributed by atoms with Crippen LogP contribution >= 0.6 is 0 Å². The lowest BCUT2D eigenvalue weighted by Crippen LogP contribution is -2.32. The number of alkyl halides is 3. The predicted octanol–water partition coefficient (Wildman–Crippen LogP) is 4.79. The Morgan fingerprint density at radius 1 is 0.862 bits per heavy atom. The highest BCUT2D eigenvalue weighted by Gasteiger charge is 2.40. The summed E-state index contributed by atoms with van der Waals surface area (Å²) in [4.78, 5) is 2.13. The zero-order chi connectivity index (χ0) is 20.3. The van der Waals surface area contributed by atoms with E-state index < -0.39 is 11.7 Å². The summed E-state index contributed by atoms with van der Waals surface area (Å²) in [6.45, 7) is 4.36. The van der Waals surface area contributed by atoms with E-state index in [0.29, 0.717) is 5.56 Å². The molecular formula is C25H20F3N. The first-order chi connectivity index (χ1) is 13.9. The van der Waals surface area contributed by atoms with Crippen LogP contribution in [0.1, 0.15) is 29.2 Å². The second-order valence-corrected chi connectivity index (χ2v) is 7.85. The van der Waals surface area contributed by atoms with Crippen LogP contribution < -0.4 is 15.3 Å². The van der Waals surface area contributed by atoms with Crippen molar-refractivity contribution in [3.8, 4) is 0 Å². The minimum Gasteiger partial charge on any atom is -0.356 e. The molecule has 0 fully saturated rings. The molecule has 1 unspecified atom stereocenters. The van der Waals surface area contributed by atoms with Crippen molar-refractivity contribution in [3.63, 3.8) is 0 Å². The third-order valence-corrected chi connectivity index (χ3v) is 6.05. The van der Waals surface area contributed by atoms with Crippen LogP contribution in [0.15, 0.2) is 66.7 Å². The molecular weight excluding hydrogens is 371 g/mol. The predicted molar refractivity (Wildman–Crippen MR) is 110 cm³/mol. The number of fused-ring (bicyclic) bond motifs is 4. The molecule has 146 valence electrons. The third-order valence-electron chi connectivity index (χ3n) is 6.05. The van der Waals surface area contributed by atoms with Gasteiger partial charge in [0.15, 0.2) is 0 Å². The fourth-order valence-corrected chi connectivity index (χ4v) is 4.80. The fourth-order valence-electron chi connectivity index (χ4n) is 4.80. The van der Waals surface area contributed by atoms with Gasteiger partial charge in [-0.05, 0) is 59.2 Å². The van der Waals surface area contributed by atoms with E-state index in [2.05, 4.69) is 36.9 Å². The van der Waals surface area contributed by atoms with Gasteiger partial charge in [0.05, 0.1) is 11.6 Å². The topological polar surface area (TPSA) is 3.24 Å². The highest BCUT2D eigenvalue weighted by molar-refractivity contribution is 5.96. The van der Waals surface area contributed by atoms with Crippen LogP contribution in [0, 0.1) is 6.92 Å². The van der Waals surface area contributed by atoms with Gasteiger partial charge in [-0.1, -0.05) is 54.1 Å². The van der Waals surface area contributed by atoms with Crippen molar-refractivity contribution in [2.75, 3.05) is 4.90 Å². The van der Waals surface area contributed by atoms with E-state index in [9.17, 15) is 13.2 Å². The van der Waals surface area contributed by atoms with Gasteiger partial charge in [0, 0.05) is 17.8 Å². The lowest BCUT2D eigenvalue weighted by atomic mass is 9.99. The molecule has 0 amide bonds. The van der Waals surface area contributed by atoms with Crippen molar-refractivity contribution in [1.29, 1.82) is 0 Å². The molecule has 5 rings (SSSR count). The first kappa shape index (κ1) is 18.0. The van der Waals surface area contributed by atoms with Gasteiger partial charge in [0.2, 0.25) is 0 Å². The summed E-state index contributed by atoms with van der Waals surface area (Å²) in [6.07, 6.45) is -4.36. The van der Waals surface area contributed by atoms with Crippen LogP contribution in [0.2, 0.25) is 0 Å². The van der Waals surface area contributed by atoms with Crippen molar-refractivity contribution >= 4 is 16.8 Å². The molecule has 0 saturated heterocycles. The van der Waals surface area contributed by atoms with E-state index >= 15 is 0 Å². The van der Waals surface area contributed by atoms with Crippen LogP contribution in [0.5, 0.6) is 0 Å². The summed E-state index contributed by atoms with van der Waals surface area (Å²) in [5, 5.41) is 2.38. The summed E-state index contributed by atoms with van der Waals surface area (Å²) < 4.78 is 40.8. The molecule has 0 bridgehead atoms. The third kappa shape index (κ3) is 2.70. The minimum atomic E-state index is -4.36. The number of hydrogen-bond donors (Lipinski definition) is 0. The molecule has 0 spiro atoms. The zero-order valence-corrected chi connectivity index (χ0v) is 16.2. The zero-order valence-electron chi connectivity index (χ0n) is 16.2. The molecule has 3 aromatic carbocycles. The highest BCUT2D eigenvalue weighted by Crippen LogP contribution is 2.45. The maximum Gasteiger partial charge on any atom is 0.416 e. The maximum atomic E-state index is 13.6. The quantitative estimate of drug-likeness (QED) is 0.607. The average molecular weight is 391 g/mol. The number of anilines is 1. The molecule has 1 aliphatic carbocycles. The molecule has 0 radical (unpaired) electrons. The molecule has 4 heteroatoms. The Bertz CT molecular complexity index is 1250. The van der Waals surface area contributed by atoms with Crippen LogP contribution in [-0.4, -0.2) is 6.04 Å². The molecule has 29 heavy (non-hydrogen) atoms. The second kappa shape index (κ2) is 6.24. The van der Waals surface area contributed by atoms with Gasteiger partial charge in [0.1, 0.15) is 0 Å². The Hall–Kier alpha value is -3.01. The molecule has 1 atom stereocenters. The number of aryl methyl sites for hydroxylation is 1. The molecule has 1 heterocycles. The van der Waals surface area contributed by atoms with E-state index in [0.717, 1.165) is 16.8 Å². The van der Waals surface area contributed by atoms with Gasteiger partial charge in [0.25, 0.3) is 0 Å². The molecule has 2 aliphatic rings. The number of rotatable bonds is 2. The SMILES string of the molecule is CC1=c2ccccc2=C2c3cc(C)ccc3N(Cc3ccccc3C(F)(F)F)C12. The molecule has 1 nitrogen and oxygen atoms in total. The molecule has 1 aliphatic heterocycles. The molecule has 0 saturated carbocycles. The summed E-state index contributed by atoms with van der Waals surface area (Å²) in [5.41, 5.74) is 5.42. The first-order valence-corrected chi connectivity index (χ1v) is 9.69. The van der Waals surface area contributed by atoms with E-state index in [1.165, 1.54) is 33.7 Å².